The van der Waals surface area contributed by atoms with E-state index in [1.165, 1.54) is 18.5 Å². The second kappa shape index (κ2) is 13.7. The second-order valence-electron chi connectivity index (χ2n) is 9.93. The molecule has 12 heteroatoms. The largest absolute Gasteiger partial charge is 0.492 e. The van der Waals surface area contributed by atoms with Crippen LogP contribution in [0.1, 0.15) is 19.7 Å². The van der Waals surface area contributed by atoms with Crippen LogP contribution in [0.4, 0.5) is 21.6 Å². The third-order valence-corrected chi connectivity index (χ3v) is 6.31. The van der Waals surface area contributed by atoms with Gasteiger partial charge in [0.1, 0.15) is 35.2 Å². The van der Waals surface area contributed by atoms with Gasteiger partial charge in [0.2, 0.25) is 17.7 Å². The molecule has 0 radical (unpaired) electrons. The third kappa shape index (κ3) is 7.34. The van der Waals surface area contributed by atoms with Gasteiger partial charge in [-0.15, -0.1) is 10.2 Å². The van der Waals surface area contributed by atoms with Gasteiger partial charge in [-0.25, -0.2) is 14.4 Å². The Morgan fingerprint density at radius 1 is 1.02 bits per heavy atom. The summed E-state index contributed by atoms with van der Waals surface area (Å²) >= 11 is 0. The van der Waals surface area contributed by atoms with Crippen LogP contribution < -0.4 is 20.1 Å². The normalized spacial score (nSPS) is 11.3. The van der Waals surface area contributed by atoms with E-state index in [2.05, 4.69) is 30.8 Å². The Hall–Kier alpha value is -5.36. The van der Waals surface area contributed by atoms with E-state index in [4.69, 9.17) is 13.9 Å². The number of likely N-dealkylation sites (N-methyl/N-ethyl adjacent to an activating group) is 1. The number of aryl methyl sites for hydroxylation is 1. The fourth-order valence-electron chi connectivity index (χ4n) is 4.23. The zero-order chi connectivity index (χ0) is 31.1. The van der Waals surface area contributed by atoms with Crippen molar-refractivity contribution in [3.8, 4) is 28.7 Å². The predicted octanol–water partition coefficient (Wildman–Crippen LogP) is 6.37. The Bertz CT molecular complexity index is 1810. The smallest absolute Gasteiger partial charge is 0.248 e. The van der Waals surface area contributed by atoms with Crippen LogP contribution in [0.25, 0.3) is 22.4 Å². The van der Waals surface area contributed by atoms with Crippen LogP contribution in [0.15, 0.2) is 77.5 Å². The lowest BCUT2D eigenvalue weighted by Gasteiger charge is -2.15. The molecule has 2 N–H and O–H groups in total. The van der Waals surface area contributed by atoms with Gasteiger partial charge in [-0.05, 0) is 57.4 Å². The van der Waals surface area contributed by atoms with Crippen molar-refractivity contribution < 1.29 is 23.1 Å². The summed E-state index contributed by atoms with van der Waals surface area (Å²) in [4.78, 5) is 23.2. The Morgan fingerprint density at radius 2 is 1.86 bits per heavy atom. The first-order chi connectivity index (χ1) is 21.3. The number of carbonyl (C=O) groups excluding carboxylic acids is 1. The first kappa shape index (κ1) is 30.1. The van der Waals surface area contributed by atoms with Crippen LogP contribution in [-0.2, 0) is 11.2 Å². The Morgan fingerprint density at radius 3 is 2.61 bits per heavy atom. The SMILES string of the molecule is CCOc1cc2ncnc(Nc3ccc(Oc4cccc(-c5nnc(CC)o5)c4)cc3F)c2cc1NC(=O)/C=C/CN(C)C. The number of hydrogen-bond donors (Lipinski definition) is 2. The van der Waals surface area contributed by atoms with Crippen molar-refractivity contribution in [3.05, 3.63) is 84.8 Å². The van der Waals surface area contributed by atoms with Crippen molar-refractivity contribution in [1.29, 1.82) is 0 Å². The zero-order valence-electron chi connectivity index (χ0n) is 24.8. The van der Waals surface area contributed by atoms with Crippen molar-refractivity contribution in [2.75, 3.05) is 37.9 Å². The van der Waals surface area contributed by atoms with Gasteiger partial charge in [-0.1, -0.05) is 19.1 Å². The minimum Gasteiger partial charge on any atom is -0.492 e. The molecular formula is C32H32FN7O4. The monoisotopic (exact) mass is 597 g/mol. The third-order valence-electron chi connectivity index (χ3n) is 6.31. The van der Waals surface area contributed by atoms with Gasteiger partial charge >= 0.3 is 0 Å². The second-order valence-corrected chi connectivity index (χ2v) is 9.93. The molecule has 0 atom stereocenters. The van der Waals surface area contributed by atoms with Crippen LogP contribution in [-0.4, -0.2) is 58.2 Å². The molecule has 0 aliphatic heterocycles. The molecule has 44 heavy (non-hydrogen) atoms. The summed E-state index contributed by atoms with van der Waals surface area (Å²) in [7, 11) is 3.83. The van der Waals surface area contributed by atoms with Crippen LogP contribution >= 0.6 is 0 Å². The molecule has 0 saturated carbocycles. The van der Waals surface area contributed by atoms with Gasteiger partial charge in [-0.2, -0.15) is 0 Å². The number of nitrogens with one attached hydrogen (secondary N) is 2. The summed E-state index contributed by atoms with van der Waals surface area (Å²) in [6.45, 7) is 4.79. The number of hydrogen-bond acceptors (Lipinski definition) is 10. The molecule has 0 bridgehead atoms. The van der Waals surface area contributed by atoms with Gasteiger partial charge in [0, 0.05) is 42.1 Å². The number of halogens is 1. The predicted molar refractivity (Wildman–Crippen MR) is 166 cm³/mol. The number of carbonyl (C=O) groups is 1. The van der Waals surface area contributed by atoms with Gasteiger partial charge < -0.3 is 29.4 Å². The Balaban J connectivity index is 1.36. The van der Waals surface area contributed by atoms with Crippen LogP contribution in [0, 0.1) is 5.82 Å². The molecule has 1 amide bonds. The number of ether oxygens (including phenoxy) is 2. The lowest BCUT2D eigenvalue weighted by Crippen LogP contribution is -2.13. The number of aromatic nitrogens is 4. The molecule has 3 aromatic carbocycles. The van der Waals surface area contributed by atoms with E-state index >= 15 is 4.39 Å². The van der Waals surface area contributed by atoms with Crippen molar-refractivity contribution in [3.63, 3.8) is 0 Å². The summed E-state index contributed by atoms with van der Waals surface area (Å²) in [5.74, 6) is 1.64. The maximum Gasteiger partial charge on any atom is 0.248 e. The van der Waals surface area contributed by atoms with Crippen molar-refractivity contribution in [2.45, 2.75) is 20.3 Å². The summed E-state index contributed by atoms with van der Waals surface area (Å²) in [6.07, 6.45) is 5.23. The molecule has 0 unspecified atom stereocenters. The fraction of sp³-hybridized carbons (Fsp3) is 0.219. The number of benzene rings is 3. The summed E-state index contributed by atoms with van der Waals surface area (Å²) in [5.41, 5.74) is 1.86. The van der Waals surface area contributed by atoms with E-state index in [0.29, 0.717) is 76.6 Å². The molecule has 0 saturated heterocycles. The molecule has 0 aliphatic carbocycles. The highest BCUT2D eigenvalue weighted by Crippen LogP contribution is 2.35. The van der Waals surface area contributed by atoms with Crippen molar-refractivity contribution in [1.82, 2.24) is 25.1 Å². The molecule has 226 valence electrons. The van der Waals surface area contributed by atoms with Crippen LogP contribution in [0.2, 0.25) is 0 Å². The van der Waals surface area contributed by atoms with Crippen LogP contribution in [0.3, 0.4) is 0 Å². The van der Waals surface area contributed by atoms with E-state index in [9.17, 15) is 4.79 Å². The molecule has 2 heterocycles. The van der Waals surface area contributed by atoms with Gasteiger partial charge in [0.05, 0.1) is 23.5 Å². The van der Waals surface area contributed by atoms with Gasteiger partial charge in [-0.3, -0.25) is 4.79 Å². The quantitative estimate of drug-likeness (QED) is 0.157. The van der Waals surface area contributed by atoms with E-state index in [0.717, 1.165) is 0 Å². The van der Waals surface area contributed by atoms with Crippen molar-refractivity contribution >= 4 is 34.0 Å². The maximum atomic E-state index is 15.3. The average Bonchev–Trinajstić information content (AvgIpc) is 3.49. The summed E-state index contributed by atoms with van der Waals surface area (Å²) in [6, 6.07) is 15.0. The molecule has 5 rings (SSSR count). The average molecular weight is 598 g/mol. The highest BCUT2D eigenvalue weighted by atomic mass is 19.1. The summed E-state index contributed by atoms with van der Waals surface area (Å²) < 4.78 is 32.6. The Labute approximate surface area is 253 Å². The molecular weight excluding hydrogens is 565 g/mol. The molecule has 2 aromatic heterocycles. The minimum absolute atomic E-state index is 0.176. The molecule has 0 fully saturated rings. The lowest BCUT2D eigenvalue weighted by molar-refractivity contribution is -0.111. The van der Waals surface area contributed by atoms with E-state index in [1.54, 1.807) is 48.5 Å². The Kier molecular flexibility index (Phi) is 9.40. The molecule has 5 aromatic rings. The maximum absolute atomic E-state index is 15.3. The van der Waals surface area contributed by atoms with Crippen molar-refractivity contribution in [2.24, 2.45) is 0 Å². The molecule has 0 spiro atoms. The number of anilines is 3. The van der Waals surface area contributed by atoms with Crippen LogP contribution in [0.5, 0.6) is 17.2 Å². The number of rotatable bonds is 12. The lowest BCUT2D eigenvalue weighted by atomic mass is 10.1. The molecule has 11 nitrogen and oxygen atoms in total. The number of nitrogens with zero attached hydrogens (tertiary/aromatic N) is 5. The van der Waals surface area contributed by atoms with E-state index in [1.807, 2.05) is 38.9 Å². The summed E-state index contributed by atoms with van der Waals surface area (Å²) in [5, 5.41) is 14.5. The first-order valence-electron chi connectivity index (χ1n) is 14.0. The van der Waals surface area contributed by atoms with E-state index < -0.39 is 5.82 Å². The highest BCUT2D eigenvalue weighted by molar-refractivity contribution is 6.03. The van der Waals surface area contributed by atoms with E-state index in [-0.39, 0.29) is 11.6 Å². The highest BCUT2D eigenvalue weighted by Gasteiger charge is 2.15. The number of fused-ring (bicyclic) bond motifs is 1. The standard InChI is InChI=1S/C32H32FN7O4/c1-5-30-38-39-32(44-30)20-9-7-10-21(15-20)43-22-12-13-25(24(33)16-22)37-31-23-17-27(36-29(41)11-8-14-40(3)4)28(42-6-2)18-26(23)34-19-35-31/h7-13,15-19H,5-6,14H2,1-4H3,(H,36,41)(H,34,35,37)/b11-8+. The minimum atomic E-state index is -0.555. The number of amides is 1. The fourth-order valence-corrected chi connectivity index (χ4v) is 4.23. The van der Waals surface area contributed by atoms with Gasteiger partial charge in [0.25, 0.3) is 0 Å². The molecule has 0 aliphatic rings. The zero-order valence-corrected chi connectivity index (χ0v) is 24.8. The topological polar surface area (TPSA) is 128 Å². The van der Waals surface area contributed by atoms with Gasteiger partial charge in [0.15, 0.2) is 0 Å². The first-order valence-corrected chi connectivity index (χ1v) is 14.0.